The molecule has 1 aliphatic rings. The minimum Gasteiger partial charge on any atom is -0.310 e. The van der Waals surface area contributed by atoms with E-state index in [0.29, 0.717) is 6.04 Å². The van der Waals surface area contributed by atoms with Crippen molar-refractivity contribution in [1.29, 1.82) is 0 Å². The second-order valence-corrected chi connectivity index (χ2v) is 5.84. The molecule has 19 heavy (non-hydrogen) atoms. The predicted octanol–water partition coefficient (Wildman–Crippen LogP) is 4.76. The average molecular weight is 263 g/mol. The van der Waals surface area contributed by atoms with Gasteiger partial charge in [0.05, 0.1) is 0 Å². The van der Waals surface area contributed by atoms with Gasteiger partial charge in [0.25, 0.3) is 0 Å². The molecule has 0 bridgehead atoms. The Labute approximate surface area is 116 Å². The molecule has 1 nitrogen and oxygen atoms in total. The first-order chi connectivity index (χ1) is 9.20. The Hall–Kier alpha value is -0.890. The first kappa shape index (κ1) is 14.5. The van der Waals surface area contributed by atoms with Crippen LogP contribution in [0.5, 0.6) is 0 Å². The maximum Gasteiger partial charge on any atom is 0.123 e. The smallest absolute Gasteiger partial charge is 0.123 e. The van der Waals surface area contributed by atoms with E-state index in [9.17, 15) is 4.39 Å². The van der Waals surface area contributed by atoms with Crippen molar-refractivity contribution in [1.82, 2.24) is 5.32 Å². The summed E-state index contributed by atoms with van der Waals surface area (Å²) in [6.07, 6.45) is 8.10. The Balaban J connectivity index is 2.01. The summed E-state index contributed by atoms with van der Waals surface area (Å²) in [4.78, 5) is 0. The van der Waals surface area contributed by atoms with Gasteiger partial charge >= 0.3 is 0 Å². The molecule has 1 aromatic carbocycles. The fourth-order valence-corrected chi connectivity index (χ4v) is 3.35. The lowest BCUT2D eigenvalue weighted by Gasteiger charge is -2.22. The maximum absolute atomic E-state index is 13.2. The summed E-state index contributed by atoms with van der Waals surface area (Å²) < 4.78 is 13.2. The Morgan fingerprint density at radius 3 is 2.68 bits per heavy atom. The van der Waals surface area contributed by atoms with Gasteiger partial charge in [-0.1, -0.05) is 38.7 Å². The number of hydrogen-bond acceptors (Lipinski definition) is 1. The lowest BCUT2D eigenvalue weighted by Crippen LogP contribution is -2.22. The van der Waals surface area contributed by atoms with E-state index >= 15 is 0 Å². The van der Waals surface area contributed by atoms with Gasteiger partial charge in [-0.25, -0.2) is 4.39 Å². The van der Waals surface area contributed by atoms with E-state index in [1.165, 1.54) is 44.1 Å². The van der Waals surface area contributed by atoms with E-state index < -0.39 is 0 Å². The second kappa shape index (κ2) is 7.04. The highest BCUT2D eigenvalue weighted by Crippen LogP contribution is 2.32. The van der Waals surface area contributed by atoms with Crippen LogP contribution in [0.1, 0.15) is 62.6 Å². The van der Waals surface area contributed by atoms with Gasteiger partial charge in [-0.15, -0.1) is 0 Å². The molecule has 0 aliphatic heterocycles. The van der Waals surface area contributed by atoms with Gasteiger partial charge in [0.15, 0.2) is 0 Å². The highest BCUT2D eigenvalue weighted by atomic mass is 19.1. The fraction of sp³-hybridized carbons (Fsp3) is 0.647. The molecule has 1 saturated carbocycles. The summed E-state index contributed by atoms with van der Waals surface area (Å²) in [5, 5.41) is 3.56. The van der Waals surface area contributed by atoms with E-state index in [1.807, 2.05) is 13.0 Å². The highest BCUT2D eigenvalue weighted by Gasteiger charge is 2.19. The molecule has 0 aromatic heterocycles. The molecule has 1 N–H and O–H groups in total. The van der Waals surface area contributed by atoms with Crippen molar-refractivity contribution in [3.63, 3.8) is 0 Å². The highest BCUT2D eigenvalue weighted by molar-refractivity contribution is 5.29. The van der Waals surface area contributed by atoms with Crippen molar-refractivity contribution in [2.75, 3.05) is 6.54 Å². The summed E-state index contributed by atoms with van der Waals surface area (Å²) in [7, 11) is 0. The summed E-state index contributed by atoms with van der Waals surface area (Å²) >= 11 is 0. The van der Waals surface area contributed by atoms with E-state index in [4.69, 9.17) is 0 Å². The summed E-state index contributed by atoms with van der Waals surface area (Å²) in [5.74, 6) is 0.786. The Kier molecular flexibility index (Phi) is 5.38. The zero-order valence-corrected chi connectivity index (χ0v) is 12.2. The molecule has 1 aromatic rings. The number of aryl methyl sites for hydroxylation is 1. The quantitative estimate of drug-likeness (QED) is 0.780. The van der Waals surface area contributed by atoms with Gasteiger partial charge in [-0.3, -0.25) is 0 Å². The minimum absolute atomic E-state index is 0.132. The topological polar surface area (TPSA) is 12.0 Å². The molecule has 0 spiro atoms. The summed E-state index contributed by atoms with van der Waals surface area (Å²) in [6, 6.07) is 5.57. The van der Waals surface area contributed by atoms with Crippen molar-refractivity contribution < 1.29 is 4.39 Å². The van der Waals surface area contributed by atoms with Gasteiger partial charge in [-0.2, -0.15) is 0 Å². The third-order valence-corrected chi connectivity index (χ3v) is 4.40. The van der Waals surface area contributed by atoms with E-state index in [2.05, 4.69) is 12.2 Å². The Morgan fingerprint density at radius 2 is 2.05 bits per heavy atom. The van der Waals surface area contributed by atoms with Crippen molar-refractivity contribution in [3.8, 4) is 0 Å². The first-order valence-corrected chi connectivity index (χ1v) is 7.70. The average Bonchev–Trinajstić information content (AvgIpc) is 2.88. The molecule has 1 aliphatic carbocycles. The SMILES string of the molecule is CCNC(CCC1CCCC1)c1ccc(F)cc1C. The van der Waals surface area contributed by atoms with Crippen molar-refractivity contribution in [3.05, 3.63) is 35.1 Å². The van der Waals surface area contributed by atoms with E-state index in [1.54, 1.807) is 12.1 Å². The molecule has 1 fully saturated rings. The third-order valence-electron chi connectivity index (χ3n) is 4.40. The van der Waals surface area contributed by atoms with Gasteiger partial charge < -0.3 is 5.32 Å². The van der Waals surface area contributed by atoms with Gasteiger partial charge in [0.2, 0.25) is 0 Å². The van der Waals surface area contributed by atoms with Gasteiger partial charge in [-0.05, 0) is 55.5 Å². The zero-order chi connectivity index (χ0) is 13.7. The monoisotopic (exact) mass is 263 g/mol. The van der Waals surface area contributed by atoms with Crippen LogP contribution < -0.4 is 5.32 Å². The van der Waals surface area contributed by atoms with Gasteiger partial charge in [0, 0.05) is 6.04 Å². The largest absolute Gasteiger partial charge is 0.310 e. The summed E-state index contributed by atoms with van der Waals surface area (Å²) in [6.45, 7) is 5.12. The van der Waals surface area contributed by atoms with Crippen molar-refractivity contribution in [2.45, 2.75) is 58.4 Å². The van der Waals surface area contributed by atoms with Crippen LogP contribution in [0.15, 0.2) is 18.2 Å². The first-order valence-electron chi connectivity index (χ1n) is 7.70. The van der Waals surface area contributed by atoms with Crippen LogP contribution in [0.3, 0.4) is 0 Å². The van der Waals surface area contributed by atoms with E-state index in [-0.39, 0.29) is 5.82 Å². The molecule has 2 rings (SSSR count). The lowest BCUT2D eigenvalue weighted by atomic mass is 9.92. The normalized spacial score (nSPS) is 17.8. The molecule has 0 heterocycles. The van der Waals surface area contributed by atoms with Crippen LogP contribution in [0.2, 0.25) is 0 Å². The fourth-order valence-electron chi connectivity index (χ4n) is 3.35. The van der Waals surface area contributed by atoms with Crippen molar-refractivity contribution in [2.24, 2.45) is 5.92 Å². The second-order valence-electron chi connectivity index (χ2n) is 5.84. The Bertz CT molecular complexity index is 396. The Morgan fingerprint density at radius 1 is 1.32 bits per heavy atom. The number of nitrogens with one attached hydrogen (secondary N) is 1. The molecule has 2 heteroatoms. The lowest BCUT2D eigenvalue weighted by molar-refractivity contribution is 0.415. The van der Waals surface area contributed by atoms with Gasteiger partial charge in [0.1, 0.15) is 5.82 Å². The van der Waals surface area contributed by atoms with Crippen LogP contribution in [-0.4, -0.2) is 6.54 Å². The standard InChI is InChI=1S/C17H26FN/c1-3-19-17(11-8-14-6-4-5-7-14)16-10-9-15(18)12-13(16)2/h9-10,12,14,17,19H,3-8,11H2,1-2H3. The van der Waals surface area contributed by atoms with Crippen LogP contribution in [0, 0.1) is 18.7 Å². The number of halogens is 1. The predicted molar refractivity (Wildman–Crippen MR) is 78.7 cm³/mol. The molecular weight excluding hydrogens is 237 g/mol. The molecule has 106 valence electrons. The maximum atomic E-state index is 13.2. The number of benzene rings is 1. The third kappa shape index (κ3) is 4.04. The number of hydrogen-bond donors (Lipinski definition) is 1. The van der Waals surface area contributed by atoms with Crippen molar-refractivity contribution >= 4 is 0 Å². The molecule has 0 radical (unpaired) electrons. The summed E-state index contributed by atoms with van der Waals surface area (Å²) in [5.41, 5.74) is 2.33. The molecule has 0 amide bonds. The van der Waals surface area contributed by atoms with Crippen LogP contribution in [0.4, 0.5) is 4.39 Å². The molecule has 0 saturated heterocycles. The number of rotatable bonds is 6. The molecular formula is C17H26FN. The molecule has 1 atom stereocenters. The minimum atomic E-state index is -0.132. The van der Waals surface area contributed by atoms with Crippen LogP contribution >= 0.6 is 0 Å². The van der Waals surface area contributed by atoms with E-state index in [0.717, 1.165) is 18.0 Å². The van der Waals surface area contributed by atoms with Crippen LogP contribution in [0.25, 0.3) is 0 Å². The zero-order valence-electron chi connectivity index (χ0n) is 12.2. The molecule has 1 unspecified atom stereocenters. The van der Waals surface area contributed by atoms with Crippen LogP contribution in [-0.2, 0) is 0 Å².